The molecule has 2 unspecified atom stereocenters. The first kappa shape index (κ1) is 32.0. The molecule has 2 atom stereocenters. The summed E-state index contributed by atoms with van der Waals surface area (Å²) in [5.41, 5.74) is 10.9. The number of hydrogen-bond donors (Lipinski definition) is 0. The number of amidine groups is 2. The molecule has 258 valence electrons. The van der Waals surface area contributed by atoms with E-state index < -0.39 is 0 Å². The van der Waals surface area contributed by atoms with Gasteiger partial charge in [-0.05, 0) is 63.2 Å². The minimum absolute atomic E-state index is 0.297. The maximum Gasteiger partial charge on any atom is 0.160 e. The first-order chi connectivity index (χ1) is 26.6. The Bertz CT molecular complexity index is 2790. The highest BCUT2D eigenvalue weighted by Gasteiger charge is 2.31. The van der Waals surface area contributed by atoms with Gasteiger partial charge in [0.15, 0.2) is 17.8 Å². The first-order valence-corrected chi connectivity index (χ1v) is 18.6. The van der Waals surface area contributed by atoms with Gasteiger partial charge in [0.05, 0.1) is 11.4 Å². The molecule has 0 saturated carbocycles. The van der Waals surface area contributed by atoms with Crippen LogP contribution in [0.3, 0.4) is 0 Å². The zero-order chi connectivity index (χ0) is 36.2. The van der Waals surface area contributed by atoms with E-state index in [9.17, 15) is 0 Å². The molecule has 2 heterocycles. The molecular formula is C49H37N5. The zero-order valence-corrected chi connectivity index (χ0v) is 30.2. The molecule has 8 aromatic rings. The molecule has 2 aliphatic rings. The van der Waals surface area contributed by atoms with Crippen molar-refractivity contribution in [3.8, 4) is 33.9 Å². The Morgan fingerprint density at radius 3 is 1.83 bits per heavy atom. The number of benzene rings is 7. The molecule has 0 bridgehead atoms. The Balaban J connectivity index is 1.15. The Hall–Kier alpha value is -6.72. The van der Waals surface area contributed by atoms with Crippen molar-refractivity contribution in [1.29, 1.82) is 0 Å². The van der Waals surface area contributed by atoms with Crippen LogP contribution in [-0.4, -0.2) is 33.6 Å². The maximum atomic E-state index is 5.42. The minimum atomic E-state index is -0.319. The van der Waals surface area contributed by atoms with Crippen LogP contribution in [0.5, 0.6) is 0 Å². The molecule has 1 aliphatic heterocycles. The van der Waals surface area contributed by atoms with Crippen molar-refractivity contribution in [2.45, 2.75) is 25.4 Å². The summed E-state index contributed by atoms with van der Waals surface area (Å²) in [6.45, 7) is 2.31. The van der Waals surface area contributed by atoms with Gasteiger partial charge in [0.2, 0.25) is 0 Å². The highest BCUT2D eigenvalue weighted by molar-refractivity contribution is 6.14. The summed E-state index contributed by atoms with van der Waals surface area (Å²) >= 11 is 0. The van der Waals surface area contributed by atoms with E-state index in [4.69, 9.17) is 20.0 Å². The predicted octanol–water partition coefficient (Wildman–Crippen LogP) is 11.3. The number of rotatable bonds is 5. The summed E-state index contributed by atoms with van der Waals surface area (Å²) in [4.78, 5) is 23.5. The van der Waals surface area contributed by atoms with Gasteiger partial charge >= 0.3 is 0 Å². The van der Waals surface area contributed by atoms with E-state index >= 15 is 0 Å². The van der Waals surface area contributed by atoms with Gasteiger partial charge in [0.25, 0.3) is 0 Å². The first-order valence-electron chi connectivity index (χ1n) is 18.6. The number of nitrogens with zero attached hydrogens (tertiary/aromatic N) is 5. The fraction of sp³-hybridized carbons (Fsp3) is 0.102. The third-order valence-corrected chi connectivity index (χ3v) is 10.9. The van der Waals surface area contributed by atoms with Crippen LogP contribution in [-0.2, 0) is 6.42 Å². The molecule has 5 heteroatoms. The van der Waals surface area contributed by atoms with E-state index in [2.05, 4.69) is 164 Å². The summed E-state index contributed by atoms with van der Waals surface area (Å²) in [6, 6.07) is 57.8. The summed E-state index contributed by atoms with van der Waals surface area (Å²) in [6.07, 6.45) is 0.549. The van der Waals surface area contributed by atoms with Crippen LogP contribution < -0.4 is 0 Å². The molecule has 0 saturated heterocycles. The summed E-state index contributed by atoms with van der Waals surface area (Å²) < 4.78 is 0. The highest BCUT2D eigenvalue weighted by atomic mass is 15.3. The van der Waals surface area contributed by atoms with Gasteiger partial charge in [-0.2, -0.15) is 0 Å². The standard InChI is InChI=1S/C49H37N5/c1-31-27-43-44(34-15-5-3-6-16-34)50-46(35-17-7-4-8-18-35)51-45(43)42-30-40(25-26-41(31)42)49-53-47(38-23-21-32-13-9-11-19-36(32)28-38)52-48(54(49)2)39-24-22-33-14-10-12-20-37(33)29-39/h3-26,28-31,49H,27H2,1-2H3. The molecule has 54 heavy (non-hydrogen) atoms. The highest BCUT2D eigenvalue weighted by Crippen LogP contribution is 2.44. The fourth-order valence-electron chi connectivity index (χ4n) is 8.13. The third kappa shape index (κ3) is 5.57. The molecule has 0 amide bonds. The van der Waals surface area contributed by atoms with Crippen LogP contribution >= 0.6 is 0 Å². The van der Waals surface area contributed by atoms with Crippen LogP contribution in [0, 0.1) is 0 Å². The average molecular weight is 696 g/mol. The maximum absolute atomic E-state index is 5.42. The second-order valence-electron chi connectivity index (χ2n) is 14.4. The molecule has 0 radical (unpaired) electrons. The molecule has 1 aromatic heterocycles. The Morgan fingerprint density at radius 2 is 1.13 bits per heavy atom. The van der Waals surface area contributed by atoms with Crippen molar-refractivity contribution in [1.82, 2.24) is 14.9 Å². The normalized spacial score (nSPS) is 16.4. The number of fused-ring (bicyclic) bond motifs is 5. The largest absolute Gasteiger partial charge is 0.333 e. The summed E-state index contributed by atoms with van der Waals surface area (Å²) in [7, 11) is 2.11. The lowest BCUT2D eigenvalue weighted by Crippen LogP contribution is -2.35. The van der Waals surface area contributed by atoms with E-state index in [1.54, 1.807) is 0 Å². The third-order valence-electron chi connectivity index (χ3n) is 10.9. The Labute approximate surface area is 315 Å². The topological polar surface area (TPSA) is 53.7 Å². The lowest BCUT2D eigenvalue weighted by molar-refractivity contribution is 0.383. The number of hydrogen-bond acceptors (Lipinski definition) is 5. The van der Waals surface area contributed by atoms with Gasteiger partial charge in [-0.3, -0.25) is 0 Å². The zero-order valence-electron chi connectivity index (χ0n) is 30.2. The van der Waals surface area contributed by atoms with E-state index in [1.807, 2.05) is 18.2 Å². The second kappa shape index (κ2) is 13.0. The SMILES string of the molecule is CC1Cc2c(-c3ccccc3)nc(-c3ccccc3)nc2-c2cc(C3N=C(c4ccc5ccccc5c4)N=C(c4ccc5ccccc5c4)N3C)ccc21. The van der Waals surface area contributed by atoms with Crippen LogP contribution in [0.4, 0.5) is 0 Å². The molecule has 0 N–H and O–H groups in total. The van der Waals surface area contributed by atoms with Gasteiger partial charge in [0.1, 0.15) is 5.84 Å². The molecule has 0 spiro atoms. The van der Waals surface area contributed by atoms with Crippen LogP contribution in [0.1, 0.15) is 46.8 Å². The van der Waals surface area contributed by atoms with E-state index in [0.29, 0.717) is 5.92 Å². The fourth-order valence-corrected chi connectivity index (χ4v) is 8.13. The molecule has 0 fully saturated rings. The van der Waals surface area contributed by atoms with Crippen molar-refractivity contribution in [2.24, 2.45) is 9.98 Å². The van der Waals surface area contributed by atoms with E-state index in [1.165, 1.54) is 27.3 Å². The summed E-state index contributed by atoms with van der Waals surface area (Å²) in [5, 5.41) is 4.74. The van der Waals surface area contributed by atoms with E-state index in [-0.39, 0.29) is 6.17 Å². The van der Waals surface area contributed by atoms with Gasteiger partial charge in [-0.1, -0.05) is 153 Å². The smallest absolute Gasteiger partial charge is 0.160 e. The molecule has 1 aliphatic carbocycles. The van der Waals surface area contributed by atoms with Crippen molar-refractivity contribution in [2.75, 3.05) is 7.05 Å². The molecule has 7 aromatic carbocycles. The molecule has 10 rings (SSSR count). The minimum Gasteiger partial charge on any atom is -0.333 e. The summed E-state index contributed by atoms with van der Waals surface area (Å²) in [5.74, 6) is 2.64. The lowest BCUT2D eigenvalue weighted by atomic mass is 9.79. The Kier molecular flexibility index (Phi) is 7.72. The quantitative estimate of drug-likeness (QED) is 0.180. The van der Waals surface area contributed by atoms with E-state index in [0.717, 1.165) is 74.1 Å². The number of aromatic nitrogens is 2. The molecule has 5 nitrogen and oxygen atoms in total. The van der Waals surface area contributed by atoms with Crippen molar-refractivity contribution in [3.05, 3.63) is 192 Å². The second-order valence-corrected chi connectivity index (χ2v) is 14.4. The predicted molar refractivity (Wildman–Crippen MR) is 222 cm³/mol. The molecular weight excluding hydrogens is 659 g/mol. The van der Waals surface area contributed by atoms with Gasteiger partial charge in [0, 0.05) is 40.4 Å². The Morgan fingerprint density at radius 1 is 0.537 bits per heavy atom. The van der Waals surface area contributed by atoms with Gasteiger partial charge < -0.3 is 4.90 Å². The monoisotopic (exact) mass is 695 g/mol. The van der Waals surface area contributed by atoms with Crippen molar-refractivity contribution >= 4 is 33.2 Å². The average Bonchev–Trinajstić information content (AvgIpc) is 3.23. The van der Waals surface area contributed by atoms with Crippen molar-refractivity contribution < 1.29 is 0 Å². The van der Waals surface area contributed by atoms with Crippen LogP contribution in [0.2, 0.25) is 0 Å². The number of aliphatic imine (C=N–C) groups is 2. The van der Waals surface area contributed by atoms with Gasteiger partial charge in [-0.25, -0.2) is 20.0 Å². The van der Waals surface area contributed by atoms with Crippen LogP contribution in [0.15, 0.2) is 174 Å². The van der Waals surface area contributed by atoms with Crippen LogP contribution in [0.25, 0.3) is 55.4 Å². The lowest BCUT2D eigenvalue weighted by Gasteiger charge is -2.34. The van der Waals surface area contributed by atoms with Crippen molar-refractivity contribution in [3.63, 3.8) is 0 Å². The van der Waals surface area contributed by atoms with Gasteiger partial charge in [-0.15, -0.1) is 0 Å².